The lowest BCUT2D eigenvalue weighted by molar-refractivity contribution is -0.132. The largest absolute Gasteiger partial charge is 0.381 e. The normalized spacial score (nSPS) is 26.0. The fourth-order valence-corrected chi connectivity index (χ4v) is 3.25. The van der Waals surface area contributed by atoms with Gasteiger partial charge in [-0.1, -0.05) is 6.42 Å². The minimum Gasteiger partial charge on any atom is -0.381 e. The summed E-state index contributed by atoms with van der Waals surface area (Å²) in [5, 5.41) is 12.3. The second-order valence-corrected chi connectivity index (χ2v) is 6.30. The van der Waals surface area contributed by atoms with Gasteiger partial charge in [-0.25, -0.2) is 0 Å². The van der Waals surface area contributed by atoms with Crippen molar-refractivity contribution in [3.8, 4) is 6.07 Å². The number of nitrogens with zero attached hydrogens (tertiary/aromatic N) is 2. The van der Waals surface area contributed by atoms with E-state index in [2.05, 4.69) is 23.2 Å². The van der Waals surface area contributed by atoms with Gasteiger partial charge in [0.1, 0.15) is 5.41 Å². The Balaban J connectivity index is 1.70. The molecule has 5 nitrogen and oxygen atoms in total. The number of piperidine rings is 1. The van der Waals surface area contributed by atoms with E-state index in [0.29, 0.717) is 38.6 Å². The summed E-state index contributed by atoms with van der Waals surface area (Å²) >= 11 is 0. The molecule has 21 heavy (non-hydrogen) atoms. The highest BCUT2D eigenvalue weighted by molar-refractivity contribution is 5.85. The van der Waals surface area contributed by atoms with Crippen LogP contribution in [0.1, 0.15) is 45.4 Å². The van der Waals surface area contributed by atoms with Gasteiger partial charge in [0, 0.05) is 32.3 Å². The number of hydrogen-bond donors (Lipinski definition) is 1. The molecule has 0 bridgehead atoms. The molecule has 0 aliphatic carbocycles. The first-order valence-corrected chi connectivity index (χ1v) is 8.19. The molecule has 0 spiro atoms. The molecular formula is C16H27N3O2. The van der Waals surface area contributed by atoms with Crippen molar-refractivity contribution in [3.63, 3.8) is 0 Å². The smallest absolute Gasteiger partial charge is 0.240 e. The lowest BCUT2D eigenvalue weighted by Gasteiger charge is -2.33. The van der Waals surface area contributed by atoms with Gasteiger partial charge in [-0.2, -0.15) is 5.26 Å². The Morgan fingerprint density at radius 1 is 1.43 bits per heavy atom. The van der Waals surface area contributed by atoms with Gasteiger partial charge in [-0.15, -0.1) is 0 Å². The lowest BCUT2D eigenvalue weighted by Crippen LogP contribution is -2.45. The molecule has 2 heterocycles. The van der Waals surface area contributed by atoms with Crippen LogP contribution in [0.3, 0.4) is 0 Å². The summed E-state index contributed by atoms with van der Waals surface area (Å²) < 4.78 is 5.26. The third-order valence-corrected chi connectivity index (χ3v) is 4.84. The standard InChI is InChI=1S/C16H27N3O2/c1-14-5-2-3-9-19(14)10-4-8-18-15(20)16(13-17)6-11-21-12-7-16/h14H,2-12H2,1H3,(H,18,20). The van der Waals surface area contributed by atoms with Crippen molar-refractivity contribution in [2.75, 3.05) is 32.8 Å². The van der Waals surface area contributed by atoms with Crippen LogP contribution in [0.2, 0.25) is 0 Å². The summed E-state index contributed by atoms with van der Waals surface area (Å²) in [5.41, 5.74) is -0.864. The van der Waals surface area contributed by atoms with E-state index >= 15 is 0 Å². The highest BCUT2D eigenvalue weighted by Crippen LogP contribution is 2.29. The van der Waals surface area contributed by atoms with Gasteiger partial charge in [-0.3, -0.25) is 4.79 Å². The van der Waals surface area contributed by atoms with Crippen LogP contribution in [0.15, 0.2) is 0 Å². The molecule has 118 valence electrons. The highest BCUT2D eigenvalue weighted by atomic mass is 16.5. The van der Waals surface area contributed by atoms with Crippen LogP contribution in [0.4, 0.5) is 0 Å². The van der Waals surface area contributed by atoms with Crippen molar-refractivity contribution in [2.24, 2.45) is 5.41 Å². The molecule has 0 aromatic carbocycles. The average Bonchev–Trinajstić information content (AvgIpc) is 2.53. The minimum absolute atomic E-state index is 0.111. The molecule has 0 aromatic heterocycles. The molecule has 0 radical (unpaired) electrons. The summed E-state index contributed by atoms with van der Waals surface area (Å²) in [6, 6.07) is 2.87. The van der Waals surface area contributed by atoms with E-state index in [0.717, 1.165) is 13.0 Å². The number of rotatable bonds is 5. The zero-order chi connectivity index (χ0) is 15.1. The molecule has 2 rings (SSSR count). The molecule has 2 aliphatic rings. The first kappa shape index (κ1) is 16.3. The Bertz CT molecular complexity index is 385. The maximum atomic E-state index is 12.3. The van der Waals surface area contributed by atoms with E-state index in [1.807, 2.05) is 0 Å². The van der Waals surface area contributed by atoms with Crippen LogP contribution in [-0.4, -0.2) is 49.7 Å². The van der Waals surface area contributed by atoms with Crippen molar-refractivity contribution >= 4 is 5.91 Å². The number of nitriles is 1. The second-order valence-electron chi connectivity index (χ2n) is 6.30. The minimum atomic E-state index is -0.864. The van der Waals surface area contributed by atoms with Gasteiger partial charge in [-0.05, 0) is 45.6 Å². The highest BCUT2D eigenvalue weighted by Gasteiger charge is 2.40. The van der Waals surface area contributed by atoms with Gasteiger partial charge in [0.05, 0.1) is 6.07 Å². The van der Waals surface area contributed by atoms with Crippen molar-refractivity contribution < 1.29 is 9.53 Å². The SMILES string of the molecule is CC1CCCCN1CCCNC(=O)C1(C#N)CCOCC1. The molecule has 0 saturated carbocycles. The number of ether oxygens (including phenoxy) is 1. The summed E-state index contributed by atoms with van der Waals surface area (Å²) in [6.45, 7) is 6.16. The van der Waals surface area contributed by atoms with Crippen LogP contribution < -0.4 is 5.32 Å². The molecule has 0 aromatic rings. The predicted molar refractivity (Wildman–Crippen MR) is 80.6 cm³/mol. The van der Waals surface area contributed by atoms with Crippen molar-refractivity contribution in [2.45, 2.75) is 51.5 Å². The number of amides is 1. The Labute approximate surface area is 127 Å². The van der Waals surface area contributed by atoms with Gasteiger partial charge in [0.25, 0.3) is 0 Å². The van der Waals surface area contributed by atoms with Crippen LogP contribution in [0.25, 0.3) is 0 Å². The maximum absolute atomic E-state index is 12.3. The zero-order valence-electron chi connectivity index (χ0n) is 13.1. The van der Waals surface area contributed by atoms with E-state index in [9.17, 15) is 10.1 Å². The molecule has 1 N–H and O–H groups in total. The zero-order valence-corrected chi connectivity index (χ0v) is 13.1. The number of nitrogens with one attached hydrogen (secondary N) is 1. The van der Waals surface area contributed by atoms with Crippen molar-refractivity contribution in [3.05, 3.63) is 0 Å². The van der Waals surface area contributed by atoms with Gasteiger partial charge in [0.2, 0.25) is 5.91 Å². The van der Waals surface area contributed by atoms with Gasteiger partial charge < -0.3 is 15.0 Å². The number of likely N-dealkylation sites (tertiary alicyclic amines) is 1. The Hall–Kier alpha value is -1.12. The summed E-state index contributed by atoms with van der Waals surface area (Å²) in [5.74, 6) is -0.111. The van der Waals surface area contributed by atoms with E-state index in [1.54, 1.807) is 0 Å². The molecule has 2 aliphatic heterocycles. The first-order valence-electron chi connectivity index (χ1n) is 8.19. The summed E-state index contributed by atoms with van der Waals surface area (Å²) in [7, 11) is 0. The molecule has 5 heteroatoms. The number of carbonyl (C=O) groups excluding carboxylic acids is 1. The topological polar surface area (TPSA) is 65.4 Å². The van der Waals surface area contributed by atoms with E-state index in [4.69, 9.17) is 4.74 Å². The quantitative estimate of drug-likeness (QED) is 0.783. The third-order valence-electron chi connectivity index (χ3n) is 4.84. The molecular weight excluding hydrogens is 266 g/mol. The first-order chi connectivity index (χ1) is 10.2. The molecule has 2 fully saturated rings. The Morgan fingerprint density at radius 3 is 2.86 bits per heavy atom. The van der Waals surface area contributed by atoms with Crippen LogP contribution >= 0.6 is 0 Å². The van der Waals surface area contributed by atoms with Crippen molar-refractivity contribution in [1.82, 2.24) is 10.2 Å². The van der Waals surface area contributed by atoms with Crippen LogP contribution in [0.5, 0.6) is 0 Å². The van der Waals surface area contributed by atoms with Crippen LogP contribution in [-0.2, 0) is 9.53 Å². The van der Waals surface area contributed by atoms with E-state index in [1.165, 1.54) is 25.8 Å². The molecule has 1 atom stereocenters. The van der Waals surface area contributed by atoms with Crippen molar-refractivity contribution in [1.29, 1.82) is 5.26 Å². The van der Waals surface area contributed by atoms with E-state index in [-0.39, 0.29) is 5.91 Å². The fourth-order valence-electron chi connectivity index (χ4n) is 3.25. The van der Waals surface area contributed by atoms with Crippen LogP contribution in [0, 0.1) is 16.7 Å². The predicted octanol–water partition coefficient (Wildman–Crippen LogP) is 1.69. The number of hydrogen-bond acceptors (Lipinski definition) is 4. The Morgan fingerprint density at radius 2 is 2.19 bits per heavy atom. The third kappa shape index (κ3) is 4.18. The molecule has 1 unspecified atom stereocenters. The van der Waals surface area contributed by atoms with E-state index < -0.39 is 5.41 Å². The molecule has 1 amide bonds. The van der Waals surface area contributed by atoms with Gasteiger partial charge in [0.15, 0.2) is 0 Å². The second kappa shape index (κ2) is 7.77. The number of carbonyl (C=O) groups is 1. The monoisotopic (exact) mass is 293 g/mol. The van der Waals surface area contributed by atoms with Gasteiger partial charge >= 0.3 is 0 Å². The maximum Gasteiger partial charge on any atom is 0.240 e. The summed E-state index contributed by atoms with van der Waals surface area (Å²) in [6.07, 6.45) is 5.88. The summed E-state index contributed by atoms with van der Waals surface area (Å²) in [4.78, 5) is 14.8. The average molecular weight is 293 g/mol. The lowest BCUT2D eigenvalue weighted by atomic mass is 9.81. The Kier molecular flexibility index (Phi) is 6.01. The fraction of sp³-hybridized carbons (Fsp3) is 0.875. The molecule has 2 saturated heterocycles.